The quantitative estimate of drug-likeness (QED) is 0.185. The molecule has 3 aromatic rings. The Morgan fingerprint density at radius 3 is 2.52 bits per heavy atom. The van der Waals surface area contributed by atoms with Crippen molar-refractivity contribution in [2.75, 3.05) is 18.7 Å². The fourth-order valence-electron chi connectivity index (χ4n) is 3.61. The van der Waals surface area contributed by atoms with Gasteiger partial charge in [-0.2, -0.15) is 0 Å². The van der Waals surface area contributed by atoms with Crippen LogP contribution >= 0.6 is 7.44 Å². The molecule has 16 heteroatoms. The molecule has 0 amide bonds. The third kappa shape index (κ3) is 8.88. The van der Waals surface area contributed by atoms with Crippen molar-refractivity contribution in [2.24, 2.45) is 0 Å². The molecule has 3 rings (SSSR count). The Labute approximate surface area is 229 Å². The van der Waals surface area contributed by atoms with E-state index >= 15 is 0 Å². The second kappa shape index (κ2) is 12.9. The average Bonchev–Trinajstić information content (AvgIpc) is 3.28. The predicted octanol–water partition coefficient (Wildman–Crippen LogP) is 3.97. The molecule has 220 valence electrons. The highest BCUT2D eigenvalue weighted by molar-refractivity contribution is 7.59. The number of carbonyl (C=O) groups is 1. The Morgan fingerprint density at radius 1 is 1.18 bits per heavy atom. The molecule has 1 aromatic carbocycles. The van der Waals surface area contributed by atoms with Gasteiger partial charge in [-0.1, -0.05) is 19.1 Å². The monoisotopic (exact) mass is 587 g/mol. The molecule has 2 atom stereocenters. The van der Waals surface area contributed by atoms with Crippen LogP contribution in [0.25, 0.3) is 11.2 Å². The van der Waals surface area contributed by atoms with Crippen molar-refractivity contribution in [3.05, 3.63) is 42.5 Å². The van der Waals surface area contributed by atoms with E-state index < -0.39 is 31.4 Å². The maximum absolute atomic E-state index is 14.0. The van der Waals surface area contributed by atoms with Crippen LogP contribution in [0, 0.1) is 0 Å². The summed E-state index contributed by atoms with van der Waals surface area (Å²) in [6.45, 7) is 7.19. The van der Waals surface area contributed by atoms with Gasteiger partial charge in [-0.3, -0.25) is 9.36 Å². The fraction of sp³-hybridized carbons (Fsp3) is 0.500. The highest BCUT2D eigenvalue weighted by atomic mass is 31.2. The lowest BCUT2D eigenvalue weighted by Crippen LogP contribution is -2.48. The molecule has 12 nitrogen and oxygen atoms in total. The normalized spacial score (nSPS) is 14.6. The average molecular weight is 588 g/mol. The molecule has 1 unspecified atom stereocenters. The van der Waals surface area contributed by atoms with Crippen molar-refractivity contribution in [3.8, 4) is 5.75 Å². The zero-order valence-electron chi connectivity index (χ0n) is 22.6. The summed E-state index contributed by atoms with van der Waals surface area (Å²) in [5.41, 5.74) is 5.98. The summed E-state index contributed by atoms with van der Waals surface area (Å²) < 4.78 is 68.2. The largest absolute Gasteiger partial charge is 0.573 e. The number of nitrogens with zero attached hydrogens (tertiary/aromatic N) is 4. The molecule has 0 fully saturated rings. The number of hydrogen-bond acceptors (Lipinski definition) is 9. The number of fused-ring (bicyclic) bond motifs is 1. The van der Waals surface area contributed by atoms with Crippen LogP contribution in [0.2, 0.25) is 0 Å². The molecule has 0 aliphatic heterocycles. The first kappa shape index (κ1) is 31.3. The van der Waals surface area contributed by atoms with E-state index in [1.807, 2.05) is 6.92 Å². The van der Waals surface area contributed by atoms with E-state index in [9.17, 15) is 22.5 Å². The van der Waals surface area contributed by atoms with Crippen LogP contribution in [0.5, 0.6) is 5.75 Å². The number of halogens is 3. The number of anilines is 1. The number of nitrogen functional groups attached to an aromatic ring is 1. The van der Waals surface area contributed by atoms with E-state index in [1.165, 1.54) is 32.3 Å². The molecule has 4 N–H and O–H groups in total. The highest BCUT2D eigenvalue weighted by Gasteiger charge is 2.37. The second-order valence-electron chi connectivity index (χ2n) is 9.57. The molecular formula is C24H33F3N7O5P. The van der Waals surface area contributed by atoms with Crippen molar-refractivity contribution in [3.63, 3.8) is 0 Å². The number of hydrogen-bond donors (Lipinski definition) is 3. The molecule has 0 aliphatic carbocycles. The molecule has 0 saturated heterocycles. The Hall–Kier alpha value is -3.26. The van der Waals surface area contributed by atoms with E-state index in [-0.39, 0.29) is 31.1 Å². The Bertz CT molecular complexity index is 1330. The van der Waals surface area contributed by atoms with Gasteiger partial charge in [0.2, 0.25) is 7.44 Å². The highest BCUT2D eigenvalue weighted by Crippen LogP contribution is 2.40. The Balaban J connectivity index is 1.71. The van der Waals surface area contributed by atoms with Gasteiger partial charge >= 0.3 is 12.3 Å². The summed E-state index contributed by atoms with van der Waals surface area (Å²) in [6.07, 6.45) is -2.12. The van der Waals surface area contributed by atoms with Gasteiger partial charge in [0, 0.05) is 6.54 Å². The lowest BCUT2D eigenvalue weighted by molar-refractivity contribution is -0.274. The zero-order valence-corrected chi connectivity index (χ0v) is 23.5. The summed E-state index contributed by atoms with van der Waals surface area (Å²) in [5, 5.41) is 5.75. The molecule has 0 spiro atoms. The smallest absolute Gasteiger partial charge is 0.464 e. The number of rotatable bonds is 14. The van der Waals surface area contributed by atoms with Crippen molar-refractivity contribution >= 4 is 30.4 Å². The summed E-state index contributed by atoms with van der Waals surface area (Å²) in [6, 6.07) is 5.11. The summed E-state index contributed by atoms with van der Waals surface area (Å²) in [4.78, 5) is 24.9. The molecule has 0 radical (unpaired) electrons. The maximum Gasteiger partial charge on any atom is 0.573 e. The first-order chi connectivity index (χ1) is 18.7. The van der Waals surface area contributed by atoms with Gasteiger partial charge in [-0.15, -0.1) is 13.2 Å². The molecule has 2 heterocycles. The van der Waals surface area contributed by atoms with Crippen molar-refractivity contribution in [2.45, 2.75) is 65.2 Å². The minimum atomic E-state index is -4.81. The van der Waals surface area contributed by atoms with Gasteiger partial charge in [0.05, 0.1) is 25.6 Å². The molecule has 0 saturated carbocycles. The Kier molecular flexibility index (Phi) is 10.1. The van der Waals surface area contributed by atoms with Crippen LogP contribution < -0.4 is 20.6 Å². The van der Waals surface area contributed by atoms with E-state index in [0.717, 1.165) is 12.1 Å². The number of esters is 1. The molecule has 0 aliphatic rings. The minimum Gasteiger partial charge on any atom is -0.464 e. The molecule has 40 heavy (non-hydrogen) atoms. The van der Waals surface area contributed by atoms with Crippen molar-refractivity contribution in [1.29, 1.82) is 0 Å². The van der Waals surface area contributed by atoms with E-state index in [2.05, 4.69) is 29.9 Å². The predicted molar refractivity (Wildman–Crippen MR) is 141 cm³/mol. The third-order valence-electron chi connectivity index (χ3n) is 5.53. The van der Waals surface area contributed by atoms with Crippen LogP contribution in [0.15, 0.2) is 36.9 Å². The minimum absolute atomic E-state index is 0.00322. The zero-order chi connectivity index (χ0) is 29.6. The molecule has 0 bridgehead atoms. The molecule has 2 aromatic heterocycles. The molecular weight excluding hydrogens is 554 g/mol. The number of imidazole rings is 1. The number of nitrogens with two attached hydrogens (primary N) is 1. The van der Waals surface area contributed by atoms with E-state index in [4.69, 9.17) is 15.2 Å². The topological polar surface area (TPSA) is 156 Å². The lowest BCUT2D eigenvalue weighted by Gasteiger charge is -2.31. The van der Waals surface area contributed by atoms with Crippen LogP contribution in [0.3, 0.4) is 0 Å². The Morgan fingerprint density at radius 2 is 1.88 bits per heavy atom. The summed E-state index contributed by atoms with van der Waals surface area (Å²) >= 11 is 0. The van der Waals surface area contributed by atoms with Crippen LogP contribution in [0.4, 0.5) is 19.0 Å². The second-order valence-corrected chi connectivity index (χ2v) is 11.9. The van der Waals surface area contributed by atoms with Gasteiger partial charge in [-0.25, -0.2) is 25.1 Å². The van der Waals surface area contributed by atoms with Gasteiger partial charge < -0.3 is 24.5 Å². The van der Waals surface area contributed by atoms with Crippen LogP contribution in [-0.4, -0.2) is 56.4 Å². The van der Waals surface area contributed by atoms with Gasteiger partial charge in [0.25, 0.3) is 0 Å². The van der Waals surface area contributed by atoms with E-state index in [1.54, 1.807) is 17.8 Å². The fourth-order valence-corrected chi connectivity index (χ4v) is 5.74. The van der Waals surface area contributed by atoms with Crippen molar-refractivity contribution < 1.29 is 36.7 Å². The SMILES string of the molecule is CCCOC(=O)C(C)(C)NP(=O)(CO[C@@H](C)Cn1cnc2c(N)ncnc21)NCc1ccc(OC(F)(F)F)cc1. The van der Waals surface area contributed by atoms with Crippen LogP contribution in [-0.2, 0) is 31.9 Å². The van der Waals surface area contributed by atoms with E-state index in [0.29, 0.717) is 29.7 Å². The number of aromatic nitrogens is 4. The van der Waals surface area contributed by atoms with Gasteiger partial charge in [0.15, 0.2) is 11.5 Å². The summed E-state index contributed by atoms with van der Waals surface area (Å²) in [5.74, 6) is -0.737. The first-order valence-corrected chi connectivity index (χ1v) is 14.3. The first-order valence-electron chi connectivity index (χ1n) is 12.4. The van der Waals surface area contributed by atoms with Crippen molar-refractivity contribution in [1.82, 2.24) is 29.7 Å². The number of alkyl halides is 3. The third-order valence-corrected chi connectivity index (χ3v) is 7.63. The summed E-state index contributed by atoms with van der Waals surface area (Å²) in [7, 11) is -3.64. The number of carbonyl (C=O) groups excluding carboxylic acids is 1. The lowest BCUT2D eigenvalue weighted by atomic mass is 10.1. The van der Waals surface area contributed by atoms with Crippen LogP contribution in [0.1, 0.15) is 39.7 Å². The maximum atomic E-state index is 14.0. The van der Waals surface area contributed by atoms with Gasteiger partial charge in [0.1, 0.15) is 29.5 Å². The number of benzene rings is 1. The number of nitrogens with one attached hydrogen (secondary N) is 2. The van der Waals surface area contributed by atoms with Gasteiger partial charge in [-0.05, 0) is 44.9 Å². The standard InChI is InChI=1S/C24H33F3N7O5P/c1-5-10-37-22(35)23(3,4)33-40(36,32-11-17-6-8-18(9-7-17)39-24(25,26)27)15-38-16(2)12-34-14-31-19-20(28)29-13-30-21(19)34/h6-9,13-14,16H,5,10-12,15H2,1-4H3,(H2,28,29,30)(H2,32,33,36)/t16-,40?/m0/s1. The number of ether oxygens (including phenoxy) is 3.